The predicted molar refractivity (Wildman–Crippen MR) is 165 cm³/mol. The summed E-state index contributed by atoms with van der Waals surface area (Å²) < 4.78 is 12.1. The van der Waals surface area contributed by atoms with E-state index >= 15 is 0 Å². The zero-order valence-corrected chi connectivity index (χ0v) is 24.0. The van der Waals surface area contributed by atoms with Gasteiger partial charge in [-0.3, -0.25) is 10.1 Å². The molecule has 0 aliphatic heterocycles. The van der Waals surface area contributed by atoms with E-state index in [1.807, 2.05) is 61.5 Å². The van der Waals surface area contributed by atoms with Crippen LogP contribution in [0.4, 0.5) is 0 Å². The summed E-state index contributed by atoms with van der Waals surface area (Å²) in [6.45, 7) is 2.42. The minimum atomic E-state index is -0.780. The molecule has 212 valence electrons. The maximum absolute atomic E-state index is 13.5. The molecule has 4 aromatic carbocycles. The van der Waals surface area contributed by atoms with E-state index in [0.717, 1.165) is 48.8 Å². The largest absolute Gasteiger partial charge is 0.465 e. The lowest BCUT2D eigenvalue weighted by atomic mass is 9.76. The fraction of sp³-hybridized carbons (Fsp3) is 0.324. The van der Waals surface area contributed by atoms with E-state index in [1.165, 1.54) is 5.56 Å². The summed E-state index contributed by atoms with van der Waals surface area (Å²) in [6.07, 6.45) is 5.55. The number of nitrogens with one attached hydrogen (secondary N) is 1. The molecule has 1 saturated carbocycles. The van der Waals surface area contributed by atoms with Crippen LogP contribution in [-0.2, 0) is 26.2 Å². The lowest BCUT2D eigenvalue weighted by molar-refractivity contribution is -0.148. The average molecular weight is 548 g/mol. The molecule has 1 fully saturated rings. The highest BCUT2D eigenvalue weighted by molar-refractivity contribution is 5.76. The van der Waals surface area contributed by atoms with Crippen molar-refractivity contribution in [1.29, 1.82) is 0 Å². The van der Waals surface area contributed by atoms with Gasteiger partial charge in [0.1, 0.15) is 6.04 Å². The van der Waals surface area contributed by atoms with Crippen LogP contribution in [-0.4, -0.2) is 31.3 Å². The van der Waals surface area contributed by atoms with E-state index in [0.29, 0.717) is 12.5 Å². The van der Waals surface area contributed by atoms with Crippen molar-refractivity contribution in [2.45, 2.75) is 56.7 Å². The molecule has 1 aliphatic rings. The molecule has 4 nitrogen and oxygen atoms in total. The average Bonchev–Trinajstić information content (AvgIpc) is 3.04. The van der Waals surface area contributed by atoms with Crippen LogP contribution in [0.3, 0.4) is 0 Å². The van der Waals surface area contributed by atoms with E-state index in [9.17, 15) is 4.79 Å². The van der Waals surface area contributed by atoms with Gasteiger partial charge in [0.15, 0.2) is 0 Å². The fourth-order valence-electron chi connectivity index (χ4n) is 6.17. The first-order valence-electron chi connectivity index (χ1n) is 15.0. The van der Waals surface area contributed by atoms with Crippen LogP contribution in [0, 0.1) is 5.92 Å². The number of carbonyl (C=O) groups excluding carboxylic acids is 1. The van der Waals surface area contributed by atoms with Gasteiger partial charge in [-0.15, -0.1) is 0 Å². The summed E-state index contributed by atoms with van der Waals surface area (Å²) >= 11 is 0. The highest BCUT2D eigenvalue weighted by Crippen LogP contribution is 2.37. The zero-order valence-electron chi connectivity index (χ0n) is 24.0. The molecule has 0 bridgehead atoms. The predicted octanol–water partition coefficient (Wildman–Crippen LogP) is 7.32. The van der Waals surface area contributed by atoms with Crippen LogP contribution in [0.1, 0.15) is 54.9 Å². The van der Waals surface area contributed by atoms with Crippen molar-refractivity contribution in [1.82, 2.24) is 5.32 Å². The molecule has 0 aromatic heterocycles. The molecule has 4 aromatic rings. The summed E-state index contributed by atoms with van der Waals surface area (Å²) in [6, 6.07) is 41.1. The third-order valence-electron chi connectivity index (χ3n) is 8.24. The van der Waals surface area contributed by atoms with Gasteiger partial charge in [-0.1, -0.05) is 121 Å². The number of carbonyl (C=O) groups is 1. The topological polar surface area (TPSA) is 47.6 Å². The Morgan fingerprint density at radius 2 is 1.20 bits per heavy atom. The summed E-state index contributed by atoms with van der Waals surface area (Å²) in [5.41, 5.74) is 3.77. The van der Waals surface area contributed by atoms with E-state index in [2.05, 4.69) is 72.0 Å². The van der Waals surface area contributed by atoms with Crippen molar-refractivity contribution in [2.24, 2.45) is 5.92 Å². The van der Waals surface area contributed by atoms with Crippen molar-refractivity contribution in [3.8, 4) is 0 Å². The lowest BCUT2D eigenvalue weighted by Crippen LogP contribution is -2.55. The van der Waals surface area contributed by atoms with Crippen LogP contribution < -0.4 is 5.32 Å². The first-order valence-corrected chi connectivity index (χ1v) is 15.0. The molecule has 41 heavy (non-hydrogen) atoms. The molecule has 5 rings (SSSR count). The minimum absolute atomic E-state index is 0.139. The van der Waals surface area contributed by atoms with Crippen LogP contribution >= 0.6 is 0 Å². The second kappa shape index (κ2) is 14.2. The molecular formula is C37H41NO3. The summed E-state index contributed by atoms with van der Waals surface area (Å²) in [5.74, 6) is 0.385. The van der Waals surface area contributed by atoms with E-state index < -0.39 is 11.6 Å². The Labute approximate surface area is 244 Å². The maximum atomic E-state index is 13.5. The first-order chi connectivity index (χ1) is 20.2. The Morgan fingerprint density at radius 3 is 1.66 bits per heavy atom. The van der Waals surface area contributed by atoms with Gasteiger partial charge < -0.3 is 9.47 Å². The quantitative estimate of drug-likeness (QED) is 0.149. The summed E-state index contributed by atoms with van der Waals surface area (Å²) in [4.78, 5) is 13.5. The maximum Gasteiger partial charge on any atom is 0.325 e. The third-order valence-corrected chi connectivity index (χ3v) is 8.24. The normalized spacial score (nSPS) is 18.0. The number of benzene rings is 4. The molecule has 4 heteroatoms. The molecule has 1 N–H and O–H groups in total. The fourth-order valence-corrected chi connectivity index (χ4v) is 6.17. The summed E-state index contributed by atoms with van der Waals surface area (Å²) in [7, 11) is 0. The lowest BCUT2D eigenvalue weighted by Gasteiger charge is -2.40. The van der Waals surface area contributed by atoms with Crippen LogP contribution in [0.5, 0.6) is 0 Å². The van der Waals surface area contributed by atoms with Crippen LogP contribution in [0.15, 0.2) is 121 Å². The molecule has 0 amide bonds. The van der Waals surface area contributed by atoms with E-state index in [1.54, 1.807) is 0 Å². The Kier molecular flexibility index (Phi) is 10.0. The minimum Gasteiger partial charge on any atom is -0.465 e. The smallest absolute Gasteiger partial charge is 0.325 e. The van der Waals surface area contributed by atoms with Gasteiger partial charge in [-0.25, -0.2) is 0 Å². The number of hydrogen-bond acceptors (Lipinski definition) is 4. The van der Waals surface area contributed by atoms with E-state index in [-0.39, 0.29) is 18.7 Å². The molecule has 0 heterocycles. The standard InChI is InChI=1S/C37H41NO3/c1-2-40-36(39)35(28-41-34-25-23-30(24-26-34)27-29-15-7-3-8-16-29)38-37(31-17-9-4-10-18-31,32-19-11-5-12-20-32)33-21-13-6-14-22-33/h3-22,30,34-35,38H,2,23-28H2,1H3/t30?,34?,35-/m0/s1. The molecule has 0 radical (unpaired) electrons. The van der Waals surface area contributed by atoms with Crippen molar-refractivity contribution in [3.63, 3.8) is 0 Å². The van der Waals surface area contributed by atoms with Gasteiger partial charge in [0.2, 0.25) is 0 Å². The third kappa shape index (κ3) is 7.13. The highest BCUT2D eigenvalue weighted by atomic mass is 16.5. The number of ether oxygens (including phenoxy) is 2. The van der Waals surface area contributed by atoms with E-state index in [4.69, 9.17) is 9.47 Å². The van der Waals surface area contributed by atoms with Gasteiger partial charge in [0.05, 0.1) is 24.9 Å². The molecule has 0 saturated heterocycles. The van der Waals surface area contributed by atoms with Crippen LogP contribution in [0.2, 0.25) is 0 Å². The zero-order chi connectivity index (χ0) is 28.3. The van der Waals surface area contributed by atoms with Crippen molar-refractivity contribution >= 4 is 5.97 Å². The number of esters is 1. The second-order valence-electron chi connectivity index (χ2n) is 11.0. The SMILES string of the molecule is CCOC(=O)[C@H](COC1CCC(Cc2ccccc2)CC1)NC(c1ccccc1)(c1ccccc1)c1ccccc1. The Balaban J connectivity index is 1.38. The van der Waals surface area contributed by atoms with Crippen LogP contribution in [0.25, 0.3) is 0 Å². The first kappa shape index (κ1) is 28.8. The van der Waals surface area contributed by atoms with Gasteiger partial charge in [-0.2, -0.15) is 0 Å². The molecule has 0 spiro atoms. The van der Waals surface area contributed by atoms with Gasteiger partial charge >= 0.3 is 5.97 Å². The molecule has 0 unspecified atom stereocenters. The Morgan fingerprint density at radius 1 is 0.732 bits per heavy atom. The number of rotatable bonds is 12. The van der Waals surface area contributed by atoms with Crippen molar-refractivity contribution in [3.05, 3.63) is 144 Å². The Bertz CT molecular complexity index is 1220. The molecule has 1 aliphatic carbocycles. The van der Waals surface area contributed by atoms with Gasteiger partial charge in [0, 0.05) is 0 Å². The van der Waals surface area contributed by atoms with Crippen molar-refractivity contribution < 1.29 is 14.3 Å². The Hall–Kier alpha value is -3.73. The van der Waals surface area contributed by atoms with Gasteiger partial charge in [0.25, 0.3) is 0 Å². The highest BCUT2D eigenvalue weighted by Gasteiger charge is 2.40. The van der Waals surface area contributed by atoms with Crippen molar-refractivity contribution in [2.75, 3.05) is 13.2 Å². The monoisotopic (exact) mass is 547 g/mol. The summed E-state index contributed by atoms with van der Waals surface area (Å²) in [5, 5.41) is 3.78. The number of hydrogen-bond donors (Lipinski definition) is 1. The molecule has 1 atom stereocenters. The van der Waals surface area contributed by atoms with Gasteiger partial charge in [-0.05, 0) is 67.2 Å². The molecular weight excluding hydrogens is 506 g/mol. The second-order valence-corrected chi connectivity index (χ2v) is 11.0.